The Morgan fingerprint density at radius 1 is 1.19 bits per heavy atom. The Kier molecular flexibility index (Phi) is 6.34. The molecule has 1 N–H and O–H groups in total. The van der Waals surface area contributed by atoms with Crippen molar-refractivity contribution in [3.63, 3.8) is 0 Å². The van der Waals surface area contributed by atoms with E-state index in [-0.39, 0.29) is 5.91 Å². The summed E-state index contributed by atoms with van der Waals surface area (Å²) < 4.78 is 10.7. The third-order valence-corrected chi connectivity index (χ3v) is 3.56. The molecule has 0 atom stereocenters. The first-order valence-corrected chi connectivity index (χ1v) is 7.55. The largest absolute Gasteiger partial charge is 0.497 e. The molecule has 1 aromatic carbocycles. The summed E-state index contributed by atoms with van der Waals surface area (Å²) in [7, 11) is 1.64. The molecule has 21 heavy (non-hydrogen) atoms. The number of rotatable bonds is 6. The molecule has 1 saturated heterocycles. The predicted molar refractivity (Wildman–Crippen MR) is 81.8 cm³/mol. The fourth-order valence-corrected chi connectivity index (χ4v) is 2.34. The first kappa shape index (κ1) is 15.6. The van der Waals surface area contributed by atoms with E-state index in [9.17, 15) is 4.79 Å². The van der Waals surface area contributed by atoms with Gasteiger partial charge in [0.15, 0.2) is 0 Å². The van der Waals surface area contributed by atoms with Crippen molar-refractivity contribution in [1.29, 1.82) is 0 Å². The van der Waals surface area contributed by atoms with Crippen molar-refractivity contribution in [3.8, 4) is 11.5 Å². The van der Waals surface area contributed by atoms with Crippen molar-refractivity contribution < 1.29 is 14.3 Å². The summed E-state index contributed by atoms with van der Waals surface area (Å²) >= 11 is 0. The molecule has 116 valence electrons. The Morgan fingerprint density at radius 2 is 1.95 bits per heavy atom. The normalized spacial score (nSPS) is 15.4. The van der Waals surface area contributed by atoms with Crippen LogP contribution in [0.3, 0.4) is 0 Å². The van der Waals surface area contributed by atoms with E-state index in [1.165, 1.54) is 0 Å². The molecule has 0 spiro atoms. The summed E-state index contributed by atoms with van der Waals surface area (Å²) in [5.74, 6) is 1.85. The number of nitrogens with zero attached hydrogens (tertiary/aromatic N) is 1. The smallest absolute Gasteiger partial charge is 0.222 e. The lowest BCUT2D eigenvalue weighted by Gasteiger charge is -2.19. The molecule has 1 fully saturated rings. The Balaban J connectivity index is 1.65. The van der Waals surface area contributed by atoms with E-state index in [1.807, 2.05) is 29.2 Å². The zero-order valence-corrected chi connectivity index (χ0v) is 12.6. The minimum atomic E-state index is 0.233. The average molecular weight is 292 g/mol. The highest BCUT2D eigenvalue weighted by atomic mass is 16.5. The van der Waals surface area contributed by atoms with Crippen LogP contribution < -0.4 is 14.8 Å². The third kappa shape index (κ3) is 5.27. The first-order valence-electron chi connectivity index (χ1n) is 7.55. The van der Waals surface area contributed by atoms with Crippen LogP contribution in [0.2, 0.25) is 0 Å². The molecule has 0 aromatic heterocycles. The maximum Gasteiger partial charge on any atom is 0.222 e. The van der Waals surface area contributed by atoms with Gasteiger partial charge < -0.3 is 19.7 Å². The van der Waals surface area contributed by atoms with Gasteiger partial charge in [0.2, 0.25) is 5.91 Å². The summed E-state index contributed by atoms with van der Waals surface area (Å²) in [6.07, 6.45) is 2.33. The SMILES string of the molecule is COc1ccc(OCCCC(=O)N2CCCNCC2)cc1. The Labute approximate surface area is 126 Å². The maximum atomic E-state index is 12.1. The van der Waals surface area contributed by atoms with Crippen molar-refractivity contribution >= 4 is 5.91 Å². The van der Waals surface area contributed by atoms with Crippen LogP contribution in [-0.4, -0.2) is 50.7 Å². The number of hydrogen-bond acceptors (Lipinski definition) is 4. The van der Waals surface area contributed by atoms with Gasteiger partial charge in [-0.1, -0.05) is 0 Å². The Bertz CT molecular complexity index is 426. The standard InChI is InChI=1S/C16H24N2O3/c1-20-14-5-7-15(8-6-14)21-13-2-4-16(19)18-11-3-9-17-10-12-18/h5-8,17H,2-4,9-13H2,1H3. The molecule has 1 heterocycles. The van der Waals surface area contributed by atoms with E-state index in [0.29, 0.717) is 13.0 Å². The van der Waals surface area contributed by atoms with Crippen molar-refractivity contribution in [2.24, 2.45) is 0 Å². The van der Waals surface area contributed by atoms with Gasteiger partial charge in [-0.05, 0) is 43.7 Å². The average Bonchev–Trinajstić information content (AvgIpc) is 2.81. The number of benzene rings is 1. The van der Waals surface area contributed by atoms with Gasteiger partial charge in [0.25, 0.3) is 0 Å². The number of nitrogens with one attached hydrogen (secondary N) is 1. The van der Waals surface area contributed by atoms with Crippen molar-refractivity contribution in [2.45, 2.75) is 19.3 Å². The third-order valence-electron chi connectivity index (χ3n) is 3.56. The van der Waals surface area contributed by atoms with E-state index in [0.717, 1.165) is 50.5 Å². The molecule has 1 amide bonds. The van der Waals surface area contributed by atoms with Gasteiger partial charge in [0.1, 0.15) is 11.5 Å². The molecule has 0 bridgehead atoms. The molecule has 2 rings (SSSR count). The summed E-state index contributed by atoms with van der Waals surface area (Å²) in [5, 5.41) is 3.30. The van der Waals surface area contributed by atoms with Gasteiger partial charge in [-0.25, -0.2) is 0 Å². The van der Waals surface area contributed by atoms with Gasteiger partial charge in [-0.15, -0.1) is 0 Å². The van der Waals surface area contributed by atoms with E-state index in [4.69, 9.17) is 9.47 Å². The van der Waals surface area contributed by atoms with Crippen LogP contribution in [0, 0.1) is 0 Å². The summed E-state index contributed by atoms with van der Waals surface area (Å²) in [6.45, 7) is 4.14. The molecular weight excluding hydrogens is 268 g/mol. The molecule has 0 aliphatic carbocycles. The second kappa shape index (κ2) is 8.52. The minimum absolute atomic E-state index is 0.233. The molecule has 0 radical (unpaired) electrons. The second-order valence-electron chi connectivity index (χ2n) is 5.11. The Morgan fingerprint density at radius 3 is 2.71 bits per heavy atom. The zero-order chi connectivity index (χ0) is 14.9. The zero-order valence-electron chi connectivity index (χ0n) is 12.6. The predicted octanol–water partition coefficient (Wildman–Crippen LogP) is 1.68. The topological polar surface area (TPSA) is 50.8 Å². The van der Waals surface area contributed by atoms with Crippen LogP contribution in [0.1, 0.15) is 19.3 Å². The summed E-state index contributed by atoms with van der Waals surface area (Å²) in [5.41, 5.74) is 0. The molecule has 1 aromatic rings. The van der Waals surface area contributed by atoms with Crippen LogP contribution >= 0.6 is 0 Å². The number of methoxy groups -OCH3 is 1. The van der Waals surface area contributed by atoms with Crippen LogP contribution in [0.4, 0.5) is 0 Å². The second-order valence-corrected chi connectivity index (χ2v) is 5.11. The molecule has 5 heteroatoms. The molecule has 1 aliphatic heterocycles. The lowest BCUT2D eigenvalue weighted by Crippen LogP contribution is -2.34. The van der Waals surface area contributed by atoms with E-state index >= 15 is 0 Å². The van der Waals surface area contributed by atoms with Gasteiger partial charge in [-0.3, -0.25) is 4.79 Å². The van der Waals surface area contributed by atoms with Crippen molar-refractivity contribution in [3.05, 3.63) is 24.3 Å². The van der Waals surface area contributed by atoms with Crippen LogP contribution in [0.25, 0.3) is 0 Å². The van der Waals surface area contributed by atoms with Crippen LogP contribution in [-0.2, 0) is 4.79 Å². The number of ether oxygens (including phenoxy) is 2. The van der Waals surface area contributed by atoms with Crippen molar-refractivity contribution in [2.75, 3.05) is 39.9 Å². The highest BCUT2D eigenvalue weighted by Gasteiger charge is 2.14. The van der Waals surface area contributed by atoms with Crippen molar-refractivity contribution in [1.82, 2.24) is 10.2 Å². The maximum absolute atomic E-state index is 12.1. The molecule has 1 aliphatic rings. The highest BCUT2D eigenvalue weighted by Crippen LogP contribution is 2.17. The quantitative estimate of drug-likeness (QED) is 0.811. The van der Waals surface area contributed by atoms with Gasteiger partial charge in [0.05, 0.1) is 13.7 Å². The number of carbonyl (C=O) groups is 1. The van der Waals surface area contributed by atoms with Crippen LogP contribution in [0.5, 0.6) is 11.5 Å². The molecule has 5 nitrogen and oxygen atoms in total. The van der Waals surface area contributed by atoms with E-state index in [1.54, 1.807) is 7.11 Å². The van der Waals surface area contributed by atoms with E-state index < -0.39 is 0 Å². The van der Waals surface area contributed by atoms with E-state index in [2.05, 4.69) is 5.32 Å². The summed E-state index contributed by atoms with van der Waals surface area (Å²) in [6, 6.07) is 7.48. The van der Waals surface area contributed by atoms with Gasteiger partial charge in [0, 0.05) is 26.1 Å². The molecular formula is C16H24N2O3. The lowest BCUT2D eigenvalue weighted by atomic mass is 10.2. The minimum Gasteiger partial charge on any atom is -0.497 e. The monoisotopic (exact) mass is 292 g/mol. The van der Waals surface area contributed by atoms with Gasteiger partial charge >= 0.3 is 0 Å². The first-order chi connectivity index (χ1) is 10.3. The fourth-order valence-electron chi connectivity index (χ4n) is 2.34. The highest BCUT2D eigenvalue weighted by molar-refractivity contribution is 5.76. The summed E-state index contributed by atoms with van der Waals surface area (Å²) in [4.78, 5) is 14.0. The van der Waals surface area contributed by atoms with Gasteiger partial charge in [-0.2, -0.15) is 0 Å². The Hall–Kier alpha value is -1.75. The number of carbonyl (C=O) groups excluding carboxylic acids is 1. The van der Waals surface area contributed by atoms with Crippen LogP contribution in [0.15, 0.2) is 24.3 Å². The molecule has 0 unspecified atom stereocenters. The number of hydrogen-bond donors (Lipinski definition) is 1. The number of amides is 1. The lowest BCUT2D eigenvalue weighted by molar-refractivity contribution is -0.131. The molecule has 0 saturated carbocycles. The fraction of sp³-hybridized carbons (Fsp3) is 0.562.